The van der Waals surface area contributed by atoms with Gasteiger partial charge in [0.1, 0.15) is 0 Å². The number of nitrogens with zero attached hydrogens (tertiary/aromatic N) is 4. The Morgan fingerprint density at radius 3 is 0.571 bits per heavy atom. The van der Waals surface area contributed by atoms with Crippen LogP contribution in [0, 0.1) is 0 Å². The van der Waals surface area contributed by atoms with Crippen molar-refractivity contribution in [2.75, 3.05) is 19.6 Å². The molecule has 0 radical (unpaired) electrons. The first-order chi connectivity index (χ1) is 64.9. The number of rotatable bonds is 14. The van der Waals surface area contributed by atoms with Gasteiger partial charge in [-0.1, -0.05) is 455 Å². The largest absolute Gasteiger partial charge is 0.311 e. The summed E-state index contributed by atoms with van der Waals surface area (Å²) in [4.78, 5) is 9.96. The molecule has 2 aliphatic heterocycles. The van der Waals surface area contributed by atoms with Crippen molar-refractivity contribution < 1.29 is 0 Å². The normalized spacial score (nSPS) is 13.6. The molecule has 140 heavy (non-hydrogen) atoms. The van der Waals surface area contributed by atoms with Crippen LogP contribution in [0.5, 0.6) is 0 Å². The van der Waals surface area contributed by atoms with Crippen LogP contribution >= 0.6 is 11.6 Å². The highest BCUT2D eigenvalue weighted by atomic mass is 35.5. The molecule has 0 saturated carbocycles. The first kappa shape index (κ1) is 103. The summed E-state index contributed by atoms with van der Waals surface area (Å²) in [5.74, 6) is -0.160. The molecule has 0 N–H and O–H groups in total. The molecule has 2 heterocycles. The average Bonchev–Trinajstić information content (AvgIpc) is 0.689. The summed E-state index contributed by atoms with van der Waals surface area (Å²) in [6.07, 6.45) is 0. The molecular weight excluding hydrogens is 1710 g/mol. The van der Waals surface area contributed by atoms with Crippen LogP contribution in [0.15, 0.2) is 303 Å². The van der Waals surface area contributed by atoms with E-state index in [0.717, 1.165) is 39.7 Å². The Hall–Kier alpha value is -11.4. The molecule has 0 amide bonds. The number of fused-ring (bicyclic) bond motifs is 4. The van der Waals surface area contributed by atoms with E-state index in [9.17, 15) is 0 Å². The second-order valence-electron chi connectivity index (χ2n) is 52.8. The smallest absolute Gasteiger partial charge is 0.252 e. The fourth-order valence-corrected chi connectivity index (χ4v) is 20.4. The minimum Gasteiger partial charge on any atom is -0.311 e. The topological polar surface area (TPSA) is 13.0 Å². The van der Waals surface area contributed by atoms with Crippen molar-refractivity contribution in [3.8, 4) is 0 Å². The number of halogens is 1. The standard InChI is InChI=1S/C67H79BN2.C67H81ClN2/c1-62(2,3)46-23-19-43(20-24-46)60(44-21-25-47(26-22-44)63(4,5)6)45-39-58-61-59(40-45)70(53-35-29-49(30-36-53)65(10,11)12)57-38-32-51(67(16,17)18)42-55(57)68(61)54-41-50(66(13,14)15)31-37-56(54)69(58)52-33-27-48(28-34-52)64(7,8)9;1-62(2,3)48-23-19-45(20-24-48)60(46-21-25-49(26-22-46)63(4,5)6)47-43-58(69(54-35-27-50(28-36-54)64(7,8)9)55-37-29-51(30-38-55)65(10,11)12)61(68)59(44-47)70(56-39-31-52(32-40-56)66(13,14)15)57-41-33-53(34-42-57)67(16,17)18/h19-42,60H,1-18H3;19-44,60H,1-18H3. The molecule has 0 aliphatic carbocycles. The molecule has 14 aromatic rings. The van der Waals surface area contributed by atoms with E-state index in [1.54, 1.807) is 0 Å². The van der Waals surface area contributed by atoms with Gasteiger partial charge in [0.2, 0.25) is 0 Å². The maximum absolute atomic E-state index is 8.24. The van der Waals surface area contributed by atoms with Gasteiger partial charge in [0, 0.05) is 68.7 Å². The van der Waals surface area contributed by atoms with Gasteiger partial charge in [-0.2, -0.15) is 0 Å². The summed E-state index contributed by atoms with van der Waals surface area (Å²) < 4.78 is 0. The molecule has 0 unspecified atom stereocenters. The van der Waals surface area contributed by atoms with E-state index in [1.165, 1.54) is 145 Å². The van der Waals surface area contributed by atoms with Gasteiger partial charge >= 0.3 is 0 Å². The highest BCUT2D eigenvalue weighted by Gasteiger charge is 2.46. The molecule has 0 aromatic heterocycles. The van der Waals surface area contributed by atoms with Gasteiger partial charge in [-0.3, -0.25) is 0 Å². The van der Waals surface area contributed by atoms with E-state index in [4.69, 9.17) is 11.6 Å². The van der Waals surface area contributed by atoms with Crippen LogP contribution in [-0.2, 0) is 65.0 Å². The molecule has 4 nitrogen and oxygen atoms in total. The third-order valence-electron chi connectivity index (χ3n) is 29.4. The minimum absolute atomic E-state index is 0.000523. The van der Waals surface area contributed by atoms with Gasteiger partial charge in [0.25, 0.3) is 6.71 Å². The van der Waals surface area contributed by atoms with Crippen molar-refractivity contribution >= 4 is 103 Å². The lowest BCUT2D eigenvalue weighted by molar-refractivity contribution is 0.589. The number of anilines is 12. The van der Waals surface area contributed by atoms with Gasteiger partial charge < -0.3 is 19.6 Å². The first-order valence-corrected chi connectivity index (χ1v) is 51.8. The summed E-state index contributed by atoms with van der Waals surface area (Å²) in [6.45, 7) is 82.8. The lowest BCUT2D eigenvalue weighted by Crippen LogP contribution is -2.61. The maximum Gasteiger partial charge on any atom is 0.252 e. The van der Waals surface area contributed by atoms with Crippen molar-refractivity contribution in [1.82, 2.24) is 0 Å². The van der Waals surface area contributed by atoms with E-state index in [1.807, 2.05) is 0 Å². The molecule has 14 aromatic carbocycles. The van der Waals surface area contributed by atoms with Crippen molar-refractivity contribution in [1.29, 1.82) is 0 Å². The molecule has 6 heteroatoms. The van der Waals surface area contributed by atoms with Crippen LogP contribution in [0.3, 0.4) is 0 Å². The Morgan fingerprint density at radius 1 is 0.193 bits per heavy atom. The number of hydrogen-bond acceptors (Lipinski definition) is 4. The molecule has 0 atom stereocenters. The Balaban J connectivity index is 0.000000212. The van der Waals surface area contributed by atoms with Crippen molar-refractivity contribution in [2.45, 2.75) is 326 Å². The summed E-state index contributed by atoms with van der Waals surface area (Å²) in [7, 11) is 0. The third-order valence-corrected chi connectivity index (χ3v) is 29.8. The SMILES string of the molecule is CC(C)(C)c1ccc(C(c2ccc(C(C)(C)C)cc2)c2cc(N(c3ccc(C(C)(C)C)cc3)c3ccc(C(C)(C)C)cc3)c(Cl)c(N(c3ccc(C(C)(C)C)cc3)c3ccc(C(C)(C)C)cc3)c2)cc1.CC(C)(C)c1ccc(C(c2ccc(C(C)(C)C)cc2)c2cc3c4c(c2)N(c2ccc(C(C)(C)C)cc2)c2ccc(C(C)(C)C)cc2B4c2cc(C(C)(C)C)ccc2N3c2ccc(C(C)(C)C)cc2)cc1. The van der Waals surface area contributed by atoms with E-state index >= 15 is 0 Å². The van der Waals surface area contributed by atoms with E-state index in [-0.39, 0.29) is 83.5 Å². The summed E-state index contributed by atoms with van der Waals surface area (Å²) >= 11 is 8.24. The second kappa shape index (κ2) is 37.5. The molecule has 0 spiro atoms. The van der Waals surface area contributed by atoms with Crippen LogP contribution in [0.25, 0.3) is 0 Å². The molecule has 726 valence electrons. The maximum atomic E-state index is 8.24. The van der Waals surface area contributed by atoms with Crippen LogP contribution in [0.2, 0.25) is 5.02 Å². The fourth-order valence-electron chi connectivity index (χ4n) is 20.2. The monoisotopic (exact) mass is 1870 g/mol. The Kier molecular flexibility index (Phi) is 27.6. The van der Waals surface area contributed by atoms with E-state index < -0.39 is 0 Å². The van der Waals surface area contributed by atoms with Gasteiger partial charge in [-0.25, -0.2) is 0 Å². The van der Waals surface area contributed by atoms with Gasteiger partial charge in [0.05, 0.1) is 16.4 Å². The Labute approximate surface area is 851 Å². The van der Waals surface area contributed by atoms with Crippen molar-refractivity contribution in [2.24, 2.45) is 0 Å². The lowest BCUT2D eigenvalue weighted by Gasteiger charge is -2.45. The van der Waals surface area contributed by atoms with Crippen LogP contribution < -0.4 is 36.0 Å². The van der Waals surface area contributed by atoms with Gasteiger partial charge in [-0.05, 0) is 291 Å². The fraction of sp³-hybridized carbons (Fsp3) is 0.373. The zero-order valence-electron chi connectivity index (χ0n) is 91.8. The Morgan fingerprint density at radius 2 is 0.371 bits per heavy atom. The predicted octanol–water partition coefficient (Wildman–Crippen LogP) is 37.0. The van der Waals surface area contributed by atoms with Gasteiger partial charge in [0.15, 0.2) is 0 Å². The number of hydrogen-bond donors (Lipinski definition) is 0. The minimum atomic E-state index is -0.125. The average molecular weight is 1870 g/mol. The molecule has 0 fully saturated rings. The highest BCUT2D eigenvalue weighted by molar-refractivity contribution is 7.00. The Bertz CT molecular complexity index is 6110. The second-order valence-corrected chi connectivity index (χ2v) is 53.2. The van der Waals surface area contributed by atoms with E-state index in [2.05, 4.69) is 572 Å². The summed E-state index contributed by atoms with van der Waals surface area (Å²) in [5.41, 5.74) is 40.6. The van der Waals surface area contributed by atoms with Crippen molar-refractivity contribution in [3.05, 3.63) is 408 Å². The molecule has 0 saturated heterocycles. The molecule has 16 rings (SSSR count). The zero-order valence-corrected chi connectivity index (χ0v) is 92.5. The van der Waals surface area contributed by atoms with Gasteiger partial charge in [-0.15, -0.1) is 0 Å². The highest BCUT2D eigenvalue weighted by Crippen LogP contribution is 2.54. The quantitative estimate of drug-likeness (QED) is 0.0795. The first-order valence-electron chi connectivity index (χ1n) is 51.5. The number of benzene rings is 14. The molecule has 2 aliphatic rings. The van der Waals surface area contributed by atoms with Crippen molar-refractivity contribution in [3.63, 3.8) is 0 Å². The summed E-state index contributed by atoms with van der Waals surface area (Å²) in [6, 6.07) is 118. The molecule has 0 bridgehead atoms. The predicted molar refractivity (Wildman–Crippen MR) is 613 cm³/mol. The third kappa shape index (κ3) is 21.8. The van der Waals surface area contributed by atoms with E-state index in [0.29, 0.717) is 5.02 Å². The van der Waals surface area contributed by atoms with Crippen LogP contribution in [0.1, 0.15) is 361 Å². The van der Waals surface area contributed by atoms with Crippen LogP contribution in [-0.4, -0.2) is 6.71 Å². The molecular formula is C134H160BClN4. The zero-order chi connectivity index (χ0) is 102. The van der Waals surface area contributed by atoms with Crippen LogP contribution in [0.4, 0.5) is 68.2 Å². The lowest BCUT2D eigenvalue weighted by atomic mass is 9.33. The summed E-state index contributed by atoms with van der Waals surface area (Å²) in [5, 5.41) is 0.660.